The van der Waals surface area contributed by atoms with E-state index in [-0.39, 0.29) is 11.8 Å². The number of aromatic nitrogens is 2. The Morgan fingerprint density at radius 2 is 1.70 bits per heavy atom. The number of imide groups is 1. The summed E-state index contributed by atoms with van der Waals surface area (Å²) < 4.78 is 43.2. The van der Waals surface area contributed by atoms with Gasteiger partial charge in [-0.25, -0.2) is 14.8 Å². The summed E-state index contributed by atoms with van der Waals surface area (Å²) in [5.74, 6) is -0.273. The van der Waals surface area contributed by atoms with E-state index in [1.54, 1.807) is 56.3 Å². The third kappa shape index (κ3) is 5.97. The van der Waals surface area contributed by atoms with E-state index in [0.29, 0.717) is 34.9 Å². The molecule has 0 aliphatic heterocycles. The molecule has 0 aliphatic rings. The zero-order valence-electron chi connectivity index (χ0n) is 17.9. The normalized spacial score (nSPS) is 11.0. The van der Waals surface area contributed by atoms with Crippen molar-refractivity contribution < 1.29 is 27.5 Å². The van der Waals surface area contributed by atoms with Crippen LogP contribution in [0.3, 0.4) is 0 Å². The van der Waals surface area contributed by atoms with Crippen LogP contribution in [0.2, 0.25) is 0 Å². The lowest BCUT2D eigenvalue weighted by atomic mass is 10.1. The van der Waals surface area contributed by atoms with Crippen molar-refractivity contribution in [3.63, 3.8) is 0 Å². The summed E-state index contributed by atoms with van der Waals surface area (Å²) in [5, 5.41) is 4.82. The number of benzene rings is 2. The van der Waals surface area contributed by atoms with Crippen LogP contribution in [0.25, 0.3) is 0 Å². The third-order valence-electron chi connectivity index (χ3n) is 4.45. The number of carbonyl (C=O) groups excluding carboxylic acids is 2. The third-order valence-corrected chi connectivity index (χ3v) is 4.45. The Kier molecular flexibility index (Phi) is 6.80. The molecule has 3 amide bonds. The molecule has 2 N–H and O–H groups in total. The Hall–Kier alpha value is -4.15. The van der Waals surface area contributed by atoms with Crippen LogP contribution in [-0.4, -0.2) is 36.0 Å². The van der Waals surface area contributed by atoms with Crippen molar-refractivity contribution in [2.24, 2.45) is 0 Å². The number of hydrogen-bond acceptors (Lipinski definition) is 6. The van der Waals surface area contributed by atoms with Crippen molar-refractivity contribution in [3.05, 3.63) is 71.5 Å². The molecule has 3 aromatic rings. The summed E-state index contributed by atoms with van der Waals surface area (Å²) in [5.41, 5.74) is 0.944. The lowest BCUT2D eigenvalue weighted by molar-refractivity contribution is -0.138. The van der Waals surface area contributed by atoms with Gasteiger partial charge in [-0.05, 0) is 42.8 Å². The zero-order chi connectivity index (χ0) is 24.2. The number of ether oxygens (including phenoxy) is 1. The largest absolute Gasteiger partial charge is 0.424 e. The zero-order valence-corrected chi connectivity index (χ0v) is 17.9. The number of alkyl halides is 3. The Balaban J connectivity index is 1.64. The number of urea groups is 1. The Morgan fingerprint density at radius 3 is 2.30 bits per heavy atom. The fourth-order valence-electron chi connectivity index (χ4n) is 2.84. The van der Waals surface area contributed by atoms with E-state index < -0.39 is 23.7 Å². The number of hydrogen-bond donors (Lipinski definition) is 2. The minimum absolute atomic E-state index is 0.255. The van der Waals surface area contributed by atoms with Gasteiger partial charge in [0.2, 0.25) is 0 Å². The molecule has 1 heterocycles. The van der Waals surface area contributed by atoms with Gasteiger partial charge in [-0.3, -0.25) is 10.1 Å². The maximum atomic E-state index is 12.6. The molecule has 2 aromatic carbocycles. The van der Waals surface area contributed by atoms with Crippen LogP contribution in [0.15, 0.2) is 54.9 Å². The fourth-order valence-corrected chi connectivity index (χ4v) is 2.84. The van der Waals surface area contributed by atoms with Crippen molar-refractivity contribution in [1.82, 2.24) is 15.3 Å². The molecule has 0 fully saturated rings. The Bertz CT molecular complexity index is 1160. The number of para-hydroxylation sites is 1. The first-order valence-corrected chi connectivity index (χ1v) is 9.61. The molecule has 0 bridgehead atoms. The molecule has 0 atom stereocenters. The number of amides is 3. The molecule has 3 rings (SSSR count). The number of rotatable bonds is 5. The van der Waals surface area contributed by atoms with Gasteiger partial charge in [0.1, 0.15) is 5.75 Å². The van der Waals surface area contributed by atoms with Gasteiger partial charge < -0.3 is 15.0 Å². The van der Waals surface area contributed by atoms with Crippen LogP contribution < -0.4 is 20.3 Å². The van der Waals surface area contributed by atoms with Gasteiger partial charge in [-0.1, -0.05) is 12.1 Å². The lowest BCUT2D eigenvalue weighted by Gasteiger charge is -2.16. The second-order valence-electron chi connectivity index (χ2n) is 7.15. The van der Waals surface area contributed by atoms with Gasteiger partial charge >= 0.3 is 18.2 Å². The molecule has 33 heavy (non-hydrogen) atoms. The maximum Gasteiger partial charge on any atom is 0.419 e. The molecule has 1 aromatic heterocycles. The second-order valence-corrected chi connectivity index (χ2v) is 7.15. The predicted molar refractivity (Wildman–Crippen MR) is 116 cm³/mol. The van der Waals surface area contributed by atoms with Crippen LogP contribution in [0.5, 0.6) is 11.8 Å². The highest BCUT2D eigenvalue weighted by atomic mass is 19.4. The molecule has 11 heteroatoms. The van der Waals surface area contributed by atoms with Crippen LogP contribution in [0.4, 0.5) is 29.3 Å². The van der Waals surface area contributed by atoms with E-state index in [2.05, 4.69) is 20.6 Å². The predicted octanol–water partition coefficient (Wildman–Crippen LogP) is 4.62. The van der Waals surface area contributed by atoms with Gasteiger partial charge in [-0.2, -0.15) is 13.2 Å². The summed E-state index contributed by atoms with van der Waals surface area (Å²) in [6.45, 7) is 1.67. The van der Waals surface area contributed by atoms with Crippen molar-refractivity contribution >= 4 is 23.3 Å². The minimum Gasteiger partial charge on any atom is -0.424 e. The summed E-state index contributed by atoms with van der Waals surface area (Å²) in [6, 6.07) is 10.4. The average Bonchev–Trinajstić information content (AvgIpc) is 2.75. The lowest BCUT2D eigenvalue weighted by Crippen LogP contribution is -2.35. The monoisotopic (exact) mass is 459 g/mol. The fraction of sp³-hybridized carbons (Fsp3) is 0.182. The number of carbonyl (C=O) groups is 2. The van der Waals surface area contributed by atoms with Crippen molar-refractivity contribution in [1.29, 1.82) is 0 Å². The summed E-state index contributed by atoms with van der Waals surface area (Å²) in [6.07, 6.45) is -3.29. The van der Waals surface area contributed by atoms with Gasteiger partial charge in [0.15, 0.2) is 0 Å². The number of nitrogens with one attached hydrogen (secondary N) is 2. The van der Waals surface area contributed by atoms with E-state index >= 15 is 0 Å². The minimum atomic E-state index is -4.54. The van der Waals surface area contributed by atoms with Gasteiger partial charge in [0.05, 0.1) is 11.1 Å². The van der Waals surface area contributed by atoms with E-state index in [0.717, 1.165) is 0 Å². The highest BCUT2D eigenvalue weighted by Crippen LogP contribution is 2.30. The first-order valence-electron chi connectivity index (χ1n) is 9.61. The highest BCUT2D eigenvalue weighted by molar-refractivity contribution is 6.10. The van der Waals surface area contributed by atoms with E-state index in [1.165, 1.54) is 12.1 Å². The van der Waals surface area contributed by atoms with E-state index in [9.17, 15) is 22.8 Å². The number of nitrogens with zero attached hydrogens (tertiary/aromatic N) is 3. The molecule has 0 radical (unpaired) electrons. The summed E-state index contributed by atoms with van der Waals surface area (Å²) in [7, 11) is 3.57. The SMILES string of the molecule is Cc1cc(NC(=O)NC(=O)c2ccccc2N(C)C)ccc1Oc1ncc(C(F)(F)F)cn1. The molecule has 0 spiro atoms. The molecule has 172 valence electrons. The van der Waals surface area contributed by atoms with Gasteiger partial charge in [0.25, 0.3) is 5.91 Å². The molecule has 0 saturated carbocycles. The van der Waals surface area contributed by atoms with E-state index in [1.807, 2.05) is 0 Å². The van der Waals surface area contributed by atoms with Crippen LogP contribution in [-0.2, 0) is 6.18 Å². The van der Waals surface area contributed by atoms with Crippen molar-refractivity contribution in [2.45, 2.75) is 13.1 Å². The quantitative estimate of drug-likeness (QED) is 0.578. The van der Waals surface area contributed by atoms with Crippen molar-refractivity contribution in [3.8, 4) is 11.8 Å². The first-order chi connectivity index (χ1) is 15.5. The molecular weight excluding hydrogens is 439 g/mol. The van der Waals surface area contributed by atoms with E-state index in [4.69, 9.17) is 4.74 Å². The molecule has 0 unspecified atom stereocenters. The molecule has 0 aliphatic carbocycles. The molecule has 8 nitrogen and oxygen atoms in total. The average molecular weight is 459 g/mol. The molecule has 0 saturated heterocycles. The molecular formula is C22H20F3N5O3. The standard InChI is InChI=1S/C22H20F3N5O3/c1-13-10-15(8-9-18(13)33-21-26-11-14(12-27-21)22(23,24)25)28-20(32)29-19(31)16-6-4-5-7-17(16)30(2)3/h4-12H,1-3H3,(H2,28,29,31,32). The first kappa shape index (κ1) is 23.5. The summed E-state index contributed by atoms with van der Waals surface area (Å²) >= 11 is 0. The topological polar surface area (TPSA) is 96.5 Å². The Morgan fingerprint density at radius 1 is 1.03 bits per heavy atom. The van der Waals surface area contributed by atoms with Crippen LogP contribution in [0.1, 0.15) is 21.5 Å². The second kappa shape index (κ2) is 9.55. The smallest absolute Gasteiger partial charge is 0.419 e. The summed E-state index contributed by atoms with van der Waals surface area (Å²) in [4.78, 5) is 33.6. The van der Waals surface area contributed by atoms with Gasteiger partial charge in [-0.15, -0.1) is 0 Å². The van der Waals surface area contributed by atoms with Crippen molar-refractivity contribution in [2.75, 3.05) is 24.3 Å². The van der Waals surface area contributed by atoms with Crippen LogP contribution >= 0.6 is 0 Å². The van der Waals surface area contributed by atoms with Crippen LogP contribution in [0, 0.1) is 6.92 Å². The number of halogens is 3. The Labute approximate surface area is 187 Å². The highest BCUT2D eigenvalue weighted by Gasteiger charge is 2.31. The number of anilines is 2. The van der Waals surface area contributed by atoms with Gasteiger partial charge in [0, 0.05) is 37.9 Å². The maximum absolute atomic E-state index is 12.6. The number of aryl methyl sites for hydroxylation is 1.